The van der Waals surface area contributed by atoms with E-state index in [1.807, 2.05) is 6.07 Å². The van der Waals surface area contributed by atoms with Gasteiger partial charge in [0.25, 0.3) is 0 Å². The van der Waals surface area contributed by atoms with Crippen LogP contribution < -0.4 is 5.73 Å². The molecule has 78 valence electrons. The topological polar surface area (TPSA) is 56.7 Å². The summed E-state index contributed by atoms with van der Waals surface area (Å²) in [6.45, 7) is 1.05. The van der Waals surface area contributed by atoms with Gasteiger partial charge in [-0.3, -0.25) is 0 Å². The summed E-state index contributed by atoms with van der Waals surface area (Å²) >= 11 is 0. The van der Waals surface area contributed by atoms with E-state index in [1.54, 1.807) is 16.9 Å². The van der Waals surface area contributed by atoms with Gasteiger partial charge >= 0.3 is 0 Å². The molecule has 0 radical (unpaired) electrons. The van der Waals surface area contributed by atoms with Gasteiger partial charge in [-0.25, -0.2) is 9.07 Å². The number of hydrogen-bond donors (Lipinski definition) is 1. The number of nitrogens with zero attached hydrogens (tertiary/aromatic N) is 3. The maximum atomic E-state index is 13.0. The van der Waals surface area contributed by atoms with Gasteiger partial charge in [0.2, 0.25) is 0 Å². The van der Waals surface area contributed by atoms with Gasteiger partial charge in [-0.2, -0.15) is 0 Å². The lowest BCUT2D eigenvalue weighted by Crippen LogP contribution is -2.12. The van der Waals surface area contributed by atoms with E-state index >= 15 is 0 Å². The second-order valence-corrected chi connectivity index (χ2v) is 3.14. The smallest absolute Gasteiger partial charge is 0.123 e. The molecule has 0 fully saturated rings. The highest BCUT2D eigenvalue weighted by Crippen LogP contribution is 2.18. The Morgan fingerprint density at radius 2 is 2.27 bits per heavy atom. The second kappa shape index (κ2) is 4.18. The lowest BCUT2D eigenvalue weighted by molar-refractivity contribution is 0.602. The molecule has 0 saturated heterocycles. The Bertz CT molecular complexity index is 452. The lowest BCUT2D eigenvalue weighted by atomic mass is 10.1. The Kier molecular flexibility index (Phi) is 2.73. The first-order chi connectivity index (χ1) is 7.31. The van der Waals surface area contributed by atoms with Crippen LogP contribution in [-0.4, -0.2) is 21.5 Å². The van der Waals surface area contributed by atoms with Gasteiger partial charge in [0, 0.05) is 12.1 Å². The van der Waals surface area contributed by atoms with Crippen LogP contribution in [0.4, 0.5) is 4.39 Å². The van der Waals surface area contributed by atoms with Crippen molar-refractivity contribution < 1.29 is 4.39 Å². The summed E-state index contributed by atoms with van der Waals surface area (Å²) < 4.78 is 14.7. The van der Waals surface area contributed by atoms with Gasteiger partial charge in [0.05, 0.1) is 18.4 Å². The van der Waals surface area contributed by atoms with E-state index in [9.17, 15) is 4.39 Å². The number of benzene rings is 1. The van der Waals surface area contributed by atoms with Crippen LogP contribution in [-0.2, 0) is 6.54 Å². The Balaban J connectivity index is 2.40. The average molecular weight is 206 g/mol. The highest BCUT2D eigenvalue weighted by Gasteiger charge is 2.06. The van der Waals surface area contributed by atoms with Crippen molar-refractivity contribution >= 4 is 0 Å². The van der Waals surface area contributed by atoms with E-state index < -0.39 is 0 Å². The minimum Gasteiger partial charge on any atom is -0.329 e. The van der Waals surface area contributed by atoms with E-state index in [0.29, 0.717) is 13.1 Å². The molecular formula is C10H11FN4. The van der Waals surface area contributed by atoms with Crippen LogP contribution in [0, 0.1) is 5.82 Å². The fourth-order valence-electron chi connectivity index (χ4n) is 1.42. The van der Waals surface area contributed by atoms with Crippen molar-refractivity contribution in [1.82, 2.24) is 15.0 Å². The van der Waals surface area contributed by atoms with Crippen LogP contribution >= 0.6 is 0 Å². The Morgan fingerprint density at radius 1 is 1.40 bits per heavy atom. The first-order valence-electron chi connectivity index (χ1n) is 4.66. The average Bonchev–Trinajstić information content (AvgIpc) is 2.66. The number of hydrogen-bond acceptors (Lipinski definition) is 3. The van der Waals surface area contributed by atoms with E-state index in [2.05, 4.69) is 10.3 Å². The molecule has 0 spiro atoms. The van der Waals surface area contributed by atoms with E-state index in [0.717, 1.165) is 11.3 Å². The first kappa shape index (κ1) is 9.79. The zero-order chi connectivity index (χ0) is 10.7. The molecule has 2 rings (SSSR count). The Labute approximate surface area is 86.5 Å². The zero-order valence-corrected chi connectivity index (χ0v) is 8.10. The summed E-state index contributed by atoms with van der Waals surface area (Å²) in [7, 11) is 0. The summed E-state index contributed by atoms with van der Waals surface area (Å²) in [5.74, 6) is -0.270. The minimum atomic E-state index is -0.270. The van der Waals surface area contributed by atoms with Crippen molar-refractivity contribution in [2.75, 3.05) is 6.54 Å². The highest BCUT2D eigenvalue weighted by molar-refractivity contribution is 5.58. The van der Waals surface area contributed by atoms with Crippen LogP contribution in [0.2, 0.25) is 0 Å². The third-order valence-electron chi connectivity index (χ3n) is 2.08. The quantitative estimate of drug-likeness (QED) is 0.816. The maximum Gasteiger partial charge on any atom is 0.123 e. The Hall–Kier alpha value is -1.75. The van der Waals surface area contributed by atoms with Crippen LogP contribution in [0.15, 0.2) is 30.5 Å². The zero-order valence-electron chi connectivity index (χ0n) is 8.10. The van der Waals surface area contributed by atoms with Crippen LogP contribution in [0.5, 0.6) is 0 Å². The summed E-state index contributed by atoms with van der Waals surface area (Å²) in [5.41, 5.74) is 6.97. The summed E-state index contributed by atoms with van der Waals surface area (Å²) in [6, 6.07) is 6.32. The highest BCUT2D eigenvalue weighted by atomic mass is 19.1. The van der Waals surface area contributed by atoms with E-state index in [4.69, 9.17) is 5.73 Å². The molecule has 2 aromatic rings. The molecule has 0 aliphatic heterocycles. The van der Waals surface area contributed by atoms with Crippen LogP contribution in [0.3, 0.4) is 0 Å². The summed E-state index contributed by atoms with van der Waals surface area (Å²) in [4.78, 5) is 0. The maximum absolute atomic E-state index is 13.0. The molecule has 0 aliphatic carbocycles. The molecular weight excluding hydrogens is 195 g/mol. The van der Waals surface area contributed by atoms with Crippen LogP contribution in [0.1, 0.15) is 0 Å². The molecule has 5 heteroatoms. The first-order valence-corrected chi connectivity index (χ1v) is 4.66. The molecule has 2 N–H and O–H groups in total. The van der Waals surface area contributed by atoms with Crippen molar-refractivity contribution in [3.05, 3.63) is 36.3 Å². The molecule has 0 unspecified atom stereocenters. The fourth-order valence-corrected chi connectivity index (χ4v) is 1.42. The van der Waals surface area contributed by atoms with Gasteiger partial charge in [0.15, 0.2) is 0 Å². The van der Waals surface area contributed by atoms with E-state index in [1.165, 1.54) is 12.1 Å². The van der Waals surface area contributed by atoms with Crippen molar-refractivity contribution in [2.24, 2.45) is 5.73 Å². The normalized spacial score (nSPS) is 10.5. The van der Waals surface area contributed by atoms with Crippen LogP contribution in [0.25, 0.3) is 11.3 Å². The largest absolute Gasteiger partial charge is 0.329 e. The molecule has 1 aromatic carbocycles. The van der Waals surface area contributed by atoms with Gasteiger partial charge in [-0.15, -0.1) is 5.10 Å². The lowest BCUT2D eigenvalue weighted by Gasteiger charge is -2.04. The monoisotopic (exact) mass is 206 g/mol. The SMILES string of the molecule is NCCn1nncc1-c1cccc(F)c1. The summed E-state index contributed by atoms with van der Waals surface area (Å²) in [5, 5.41) is 7.66. The van der Waals surface area contributed by atoms with Gasteiger partial charge in [0.1, 0.15) is 5.82 Å². The predicted molar refractivity (Wildman–Crippen MR) is 54.5 cm³/mol. The number of aromatic nitrogens is 3. The van der Waals surface area contributed by atoms with E-state index in [-0.39, 0.29) is 5.82 Å². The third kappa shape index (κ3) is 2.02. The molecule has 0 atom stereocenters. The van der Waals surface area contributed by atoms with Crippen molar-refractivity contribution in [1.29, 1.82) is 0 Å². The Morgan fingerprint density at radius 3 is 3.00 bits per heavy atom. The van der Waals surface area contributed by atoms with Crippen molar-refractivity contribution in [3.8, 4) is 11.3 Å². The molecule has 0 saturated carbocycles. The third-order valence-corrected chi connectivity index (χ3v) is 2.08. The predicted octanol–water partition coefficient (Wildman–Crippen LogP) is 1.04. The number of rotatable bonds is 3. The van der Waals surface area contributed by atoms with Gasteiger partial charge in [-0.05, 0) is 12.1 Å². The summed E-state index contributed by atoms with van der Waals surface area (Å²) in [6.07, 6.45) is 1.60. The standard InChI is InChI=1S/C10H11FN4/c11-9-3-1-2-8(6-9)10-7-13-14-15(10)5-4-12/h1-3,6-7H,4-5,12H2. The molecule has 1 aromatic heterocycles. The molecule has 15 heavy (non-hydrogen) atoms. The second-order valence-electron chi connectivity index (χ2n) is 3.14. The molecule has 0 aliphatic rings. The van der Waals surface area contributed by atoms with Crippen molar-refractivity contribution in [2.45, 2.75) is 6.54 Å². The number of nitrogens with two attached hydrogens (primary N) is 1. The van der Waals surface area contributed by atoms with Gasteiger partial charge in [-0.1, -0.05) is 17.3 Å². The fraction of sp³-hybridized carbons (Fsp3) is 0.200. The van der Waals surface area contributed by atoms with Crippen molar-refractivity contribution in [3.63, 3.8) is 0 Å². The molecule has 0 bridgehead atoms. The minimum absolute atomic E-state index is 0.270. The van der Waals surface area contributed by atoms with Gasteiger partial charge < -0.3 is 5.73 Å². The molecule has 4 nitrogen and oxygen atoms in total. The molecule has 1 heterocycles. The molecule has 0 amide bonds. The number of halogens is 1.